The van der Waals surface area contributed by atoms with E-state index < -0.39 is 22.0 Å². The number of carboxylic acids is 1. The highest BCUT2D eigenvalue weighted by Crippen LogP contribution is 2.18. The van der Waals surface area contributed by atoms with Gasteiger partial charge in [-0.3, -0.25) is 4.79 Å². The molecule has 1 unspecified atom stereocenters. The molecule has 6 heteroatoms. The highest BCUT2D eigenvalue weighted by atomic mass is 32.2. The Kier molecular flexibility index (Phi) is 4.65. The first-order valence-electron chi connectivity index (χ1n) is 5.12. The SMILES string of the molecule is CS(=O)(=O)NC(CCC(=O)O)c1ccccc1. The second-order valence-electron chi connectivity index (χ2n) is 3.79. The molecule has 0 saturated carbocycles. The van der Waals surface area contributed by atoms with E-state index in [0.717, 1.165) is 11.8 Å². The first-order chi connectivity index (χ1) is 7.88. The van der Waals surface area contributed by atoms with Crippen molar-refractivity contribution < 1.29 is 18.3 Å². The average Bonchev–Trinajstić information content (AvgIpc) is 2.24. The van der Waals surface area contributed by atoms with Gasteiger partial charge < -0.3 is 5.11 Å². The lowest BCUT2D eigenvalue weighted by Crippen LogP contribution is -2.27. The van der Waals surface area contributed by atoms with E-state index in [0.29, 0.717) is 0 Å². The van der Waals surface area contributed by atoms with Crippen molar-refractivity contribution in [2.24, 2.45) is 0 Å². The Morgan fingerprint density at radius 2 is 1.94 bits per heavy atom. The largest absolute Gasteiger partial charge is 0.481 e. The van der Waals surface area contributed by atoms with Crippen molar-refractivity contribution in [1.29, 1.82) is 0 Å². The number of carboxylic acid groups (broad SMARTS) is 1. The van der Waals surface area contributed by atoms with Crippen LogP contribution < -0.4 is 4.72 Å². The van der Waals surface area contributed by atoms with Crippen molar-refractivity contribution in [2.75, 3.05) is 6.26 Å². The Morgan fingerprint density at radius 1 is 1.35 bits per heavy atom. The standard InChI is InChI=1S/C11H15NO4S/c1-17(15,16)12-10(7-8-11(13)14)9-5-3-2-4-6-9/h2-6,10,12H,7-8H2,1H3,(H,13,14). The number of benzene rings is 1. The predicted molar refractivity (Wildman–Crippen MR) is 64.0 cm³/mol. The number of carbonyl (C=O) groups is 1. The van der Waals surface area contributed by atoms with Gasteiger partial charge in [0.25, 0.3) is 0 Å². The first kappa shape index (κ1) is 13.7. The Hall–Kier alpha value is -1.40. The lowest BCUT2D eigenvalue weighted by molar-refractivity contribution is -0.137. The van der Waals surface area contributed by atoms with Crippen LogP contribution in [0.15, 0.2) is 30.3 Å². The second-order valence-corrected chi connectivity index (χ2v) is 5.57. The van der Waals surface area contributed by atoms with Gasteiger partial charge in [-0.1, -0.05) is 30.3 Å². The summed E-state index contributed by atoms with van der Waals surface area (Å²) in [5.74, 6) is -0.943. The molecule has 94 valence electrons. The van der Waals surface area contributed by atoms with E-state index in [1.807, 2.05) is 6.07 Å². The van der Waals surface area contributed by atoms with Crippen LogP contribution in [0.2, 0.25) is 0 Å². The molecule has 0 amide bonds. The van der Waals surface area contributed by atoms with Crippen molar-refractivity contribution >= 4 is 16.0 Å². The summed E-state index contributed by atoms with van der Waals surface area (Å²) in [5, 5.41) is 8.63. The third kappa shape index (κ3) is 5.46. The van der Waals surface area contributed by atoms with Gasteiger partial charge in [0.15, 0.2) is 0 Å². The normalized spacial score (nSPS) is 13.2. The van der Waals surface area contributed by atoms with Gasteiger partial charge in [-0.15, -0.1) is 0 Å². The van der Waals surface area contributed by atoms with Crippen LogP contribution in [0.5, 0.6) is 0 Å². The summed E-state index contributed by atoms with van der Waals surface area (Å²) in [6, 6.07) is 8.43. The maximum atomic E-state index is 11.2. The van der Waals surface area contributed by atoms with Gasteiger partial charge in [0.1, 0.15) is 0 Å². The monoisotopic (exact) mass is 257 g/mol. The fourth-order valence-corrected chi connectivity index (χ4v) is 2.28. The highest BCUT2D eigenvalue weighted by molar-refractivity contribution is 7.88. The van der Waals surface area contributed by atoms with Gasteiger partial charge in [0, 0.05) is 12.5 Å². The van der Waals surface area contributed by atoms with E-state index in [2.05, 4.69) is 4.72 Å². The van der Waals surface area contributed by atoms with Crippen LogP contribution in [0.3, 0.4) is 0 Å². The van der Waals surface area contributed by atoms with Gasteiger partial charge in [-0.05, 0) is 12.0 Å². The van der Waals surface area contributed by atoms with Crippen LogP contribution in [0.25, 0.3) is 0 Å². The molecule has 1 aromatic carbocycles. The third-order valence-electron chi connectivity index (χ3n) is 2.21. The lowest BCUT2D eigenvalue weighted by atomic mass is 10.0. The Balaban J connectivity index is 2.83. The number of aliphatic carboxylic acids is 1. The topological polar surface area (TPSA) is 83.5 Å². The van der Waals surface area contributed by atoms with Crippen LogP contribution in [-0.2, 0) is 14.8 Å². The zero-order chi connectivity index (χ0) is 12.9. The van der Waals surface area contributed by atoms with Crippen molar-refractivity contribution in [2.45, 2.75) is 18.9 Å². The number of sulfonamides is 1. The van der Waals surface area contributed by atoms with Crippen LogP contribution in [-0.4, -0.2) is 25.7 Å². The van der Waals surface area contributed by atoms with E-state index in [-0.39, 0.29) is 12.8 Å². The molecule has 1 atom stereocenters. The Labute approximate surface area is 101 Å². The molecule has 0 aliphatic heterocycles. The van der Waals surface area contributed by atoms with Crippen LogP contribution in [0, 0.1) is 0 Å². The fraction of sp³-hybridized carbons (Fsp3) is 0.364. The van der Waals surface area contributed by atoms with Crippen molar-refractivity contribution in [3.05, 3.63) is 35.9 Å². The molecule has 0 spiro atoms. The fourth-order valence-electron chi connectivity index (χ4n) is 1.51. The van der Waals surface area contributed by atoms with Crippen molar-refractivity contribution in [1.82, 2.24) is 4.72 Å². The molecule has 0 radical (unpaired) electrons. The molecule has 0 fully saturated rings. The van der Waals surface area contributed by atoms with E-state index in [1.165, 1.54) is 0 Å². The summed E-state index contributed by atoms with van der Waals surface area (Å²) in [4.78, 5) is 10.5. The molecule has 0 saturated heterocycles. The third-order valence-corrected chi connectivity index (χ3v) is 2.92. The smallest absolute Gasteiger partial charge is 0.303 e. The maximum Gasteiger partial charge on any atom is 0.303 e. The van der Waals surface area contributed by atoms with E-state index in [9.17, 15) is 13.2 Å². The summed E-state index contributed by atoms with van der Waals surface area (Å²) < 4.78 is 24.8. The minimum absolute atomic E-state index is 0.0813. The molecule has 0 aliphatic carbocycles. The Morgan fingerprint density at radius 3 is 2.41 bits per heavy atom. The quantitative estimate of drug-likeness (QED) is 0.800. The number of nitrogens with one attached hydrogen (secondary N) is 1. The van der Waals surface area contributed by atoms with E-state index in [1.54, 1.807) is 24.3 Å². The second kappa shape index (κ2) is 5.79. The summed E-state index contributed by atoms with van der Waals surface area (Å²) in [7, 11) is -3.36. The number of rotatable bonds is 6. The summed E-state index contributed by atoms with van der Waals surface area (Å²) >= 11 is 0. The van der Waals surface area contributed by atoms with Gasteiger partial charge in [-0.25, -0.2) is 13.1 Å². The molecule has 1 rings (SSSR count). The van der Waals surface area contributed by atoms with Crippen LogP contribution in [0.4, 0.5) is 0 Å². The summed E-state index contributed by atoms with van der Waals surface area (Å²) in [6.45, 7) is 0. The zero-order valence-corrected chi connectivity index (χ0v) is 10.3. The van der Waals surface area contributed by atoms with Gasteiger partial charge in [0.2, 0.25) is 10.0 Å². The van der Waals surface area contributed by atoms with Gasteiger partial charge in [-0.2, -0.15) is 0 Å². The van der Waals surface area contributed by atoms with Crippen LogP contribution in [0.1, 0.15) is 24.4 Å². The molecule has 1 aromatic rings. The maximum absolute atomic E-state index is 11.2. The van der Waals surface area contributed by atoms with Gasteiger partial charge >= 0.3 is 5.97 Å². The average molecular weight is 257 g/mol. The zero-order valence-electron chi connectivity index (χ0n) is 9.46. The molecule has 0 aliphatic rings. The van der Waals surface area contributed by atoms with Crippen LogP contribution >= 0.6 is 0 Å². The number of hydrogen-bond donors (Lipinski definition) is 2. The molecule has 0 bridgehead atoms. The van der Waals surface area contributed by atoms with E-state index in [4.69, 9.17) is 5.11 Å². The molecule has 17 heavy (non-hydrogen) atoms. The molecule has 2 N–H and O–H groups in total. The molecular weight excluding hydrogens is 242 g/mol. The van der Waals surface area contributed by atoms with E-state index >= 15 is 0 Å². The Bertz CT molecular complexity index is 470. The molecule has 5 nitrogen and oxygen atoms in total. The van der Waals surface area contributed by atoms with Crippen molar-refractivity contribution in [3.63, 3.8) is 0 Å². The first-order valence-corrected chi connectivity index (χ1v) is 7.01. The molecule has 0 aromatic heterocycles. The minimum Gasteiger partial charge on any atom is -0.481 e. The van der Waals surface area contributed by atoms with Crippen molar-refractivity contribution in [3.8, 4) is 0 Å². The highest BCUT2D eigenvalue weighted by Gasteiger charge is 2.16. The number of hydrogen-bond acceptors (Lipinski definition) is 3. The summed E-state index contributed by atoms with van der Waals surface area (Å²) in [5.41, 5.74) is 0.763. The molecular formula is C11H15NO4S. The lowest BCUT2D eigenvalue weighted by Gasteiger charge is -2.16. The van der Waals surface area contributed by atoms with Gasteiger partial charge in [0.05, 0.1) is 6.26 Å². The summed E-state index contributed by atoms with van der Waals surface area (Å²) in [6.07, 6.45) is 1.21. The predicted octanol–water partition coefficient (Wildman–Crippen LogP) is 1.14. The minimum atomic E-state index is -3.36. The molecule has 0 heterocycles.